The lowest BCUT2D eigenvalue weighted by atomic mass is 10.4. The Morgan fingerprint density at radius 3 is 2.88 bits per heavy atom. The summed E-state index contributed by atoms with van der Waals surface area (Å²) in [6.45, 7) is 2.75. The summed E-state index contributed by atoms with van der Waals surface area (Å²) in [7, 11) is 1.54. The van der Waals surface area contributed by atoms with Gasteiger partial charge in [-0.3, -0.25) is 0 Å². The monoisotopic (exact) mass is 236 g/mol. The van der Waals surface area contributed by atoms with Gasteiger partial charge in [0.25, 0.3) is 0 Å². The van der Waals surface area contributed by atoms with E-state index in [0.29, 0.717) is 17.8 Å². The van der Waals surface area contributed by atoms with Gasteiger partial charge in [0.1, 0.15) is 0 Å². The minimum absolute atomic E-state index is 0.328. The average Bonchev–Trinajstić information content (AvgIpc) is 2.82. The van der Waals surface area contributed by atoms with E-state index in [4.69, 9.17) is 4.74 Å². The summed E-state index contributed by atoms with van der Waals surface area (Å²) in [5.74, 6) is 1.18. The van der Waals surface area contributed by atoms with Gasteiger partial charge >= 0.3 is 6.01 Å². The third kappa shape index (κ3) is 2.27. The highest BCUT2D eigenvalue weighted by molar-refractivity contribution is 7.13. The summed E-state index contributed by atoms with van der Waals surface area (Å²) in [6, 6.07) is 4.26. The van der Waals surface area contributed by atoms with E-state index in [-0.39, 0.29) is 0 Å². The maximum atomic E-state index is 5.04. The van der Waals surface area contributed by atoms with Crippen molar-refractivity contribution in [3.63, 3.8) is 0 Å². The molecule has 2 aromatic rings. The van der Waals surface area contributed by atoms with E-state index >= 15 is 0 Å². The van der Waals surface area contributed by atoms with Crippen molar-refractivity contribution in [3.8, 4) is 16.7 Å². The van der Waals surface area contributed by atoms with Gasteiger partial charge < -0.3 is 10.1 Å². The zero-order valence-electron chi connectivity index (χ0n) is 9.10. The molecule has 0 amide bonds. The van der Waals surface area contributed by atoms with Gasteiger partial charge in [-0.2, -0.15) is 15.0 Å². The molecule has 2 aromatic heterocycles. The summed E-state index contributed by atoms with van der Waals surface area (Å²) >= 11 is 1.59. The Morgan fingerprint density at radius 2 is 2.25 bits per heavy atom. The van der Waals surface area contributed by atoms with Crippen molar-refractivity contribution in [2.75, 3.05) is 19.0 Å². The first-order valence-electron chi connectivity index (χ1n) is 4.91. The number of thiophene rings is 1. The van der Waals surface area contributed by atoms with Crippen molar-refractivity contribution in [3.05, 3.63) is 17.5 Å². The predicted molar refractivity (Wildman–Crippen MR) is 63.9 cm³/mol. The molecule has 5 nitrogen and oxygen atoms in total. The smallest absolute Gasteiger partial charge is 0.321 e. The molecule has 0 aliphatic heterocycles. The fourth-order valence-electron chi connectivity index (χ4n) is 1.20. The minimum Gasteiger partial charge on any atom is -0.467 e. The van der Waals surface area contributed by atoms with Crippen molar-refractivity contribution < 1.29 is 4.74 Å². The molecule has 0 atom stereocenters. The molecule has 2 heterocycles. The number of nitrogens with one attached hydrogen (secondary N) is 1. The average molecular weight is 236 g/mol. The quantitative estimate of drug-likeness (QED) is 0.880. The largest absolute Gasteiger partial charge is 0.467 e. The van der Waals surface area contributed by atoms with Crippen molar-refractivity contribution in [2.24, 2.45) is 0 Å². The van der Waals surface area contributed by atoms with Crippen LogP contribution in [0, 0.1) is 0 Å². The molecule has 0 saturated carbocycles. The number of anilines is 1. The Balaban J connectivity index is 2.41. The number of methoxy groups -OCH3 is 1. The van der Waals surface area contributed by atoms with E-state index in [0.717, 1.165) is 11.4 Å². The molecule has 0 radical (unpaired) electrons. The molecule has 0 aliphatic rings. The molecule has 0 unspecified atom stereocenters. The maximum Gasteiger partial charge on any atom is 0.321 e. The molecule has 0 aliphatic carbocycles. The molecule has 0 saturated heterocycles. The molecule has 1 N–H and O–H groups in total. The number of hydrogen-bond donors (Lipinski definition) is 1. The van der Waals surface area contributed by atoms with Gasteiger partial charge in [-0.25, -0.2) is 0 Å². The van der Waals surface area contributed by atoms with Crippen LogP contribution >= 0.6 is 11.3 Å². The van der Waals surface area contributed by atoms with Crippen LogP contribution in [0.2, 0.25) is 0 Å². The Morgan fingerprint density at radius 1 is 1.38 bits per heavy atom. The van der Waals surface area contributed by atoms with Crippen LogP contribution in [0.25, 0.3) is 10.7 Å². The molecule has 0 aromatic carbocycles. The van der Waals surface area contributed by atoms with Gasteiger partial charge in [-0.1, -0.05) is 6.07 Å². The molecule has 0 bridgehead atoms. The Kier molecular flexibility index (Phi) is 3.31. The molecule has 2 rings (SSSR count). The summed E-state index contributed by atoms with van der Waals surface area (Å²) in [5.41, 5.74) is 0. The van der Waals surface area contributed by atoms with Gasteiger partial charge in [0, 0.05) is 6.54 Å². The van der Waals surface area contributed by atoms with Crippen LogP contribution in [0.15, 0.2) is 17.5 Å². The Labute approximate surface area is 97.5 Å². The second-order valence-corrected chi connectivity index (χ2v) is 3.92. The highest BCUT2D eigenvalue weighted by Crippen LogP contribution is 2.23. The van der Waals surface area contributed by atoms with Crippen LogP contribution in [0.3, 0.4) is 0 Å². The SMILES string of the molecule is CCNc1nc(OC)nc(-c2cccs2)n1. The van der Waals surface area contributed by atoms with Gasteiger partial charge in [-0.15, -0.1) is 11.3 Å². The predicted octanol–water partition coefficient (Wildman–Crippen LogP) is 2.04. The lowest BCUT2D eigenvalue weighted by molar-refractivity contribution is 0.379. The fourth-order valence-corrected chi connectivity index (χ4v) is 1.86. The van der Waals surface area contributed by atoms with E-state index in [2.05, 4.69) is 20.3 Å². The van der Waals surface area contributed by atoms with Crippen LogP contribution in [0.5, 0.6) is 6.01 Å². The first kappa shape index (κ1) is 10.8. The van der Waals surface area contributed by atoms with E-state index in [1.807, 2.05) is 24.4 Å². The zero-order chi connectivity index (χ0) is 11.4. The first-order chi connectivity index (χ1) is 7.83. The van der Waals surface area contributed by atoms with Crippen LogP contribution in [0.4, 0.5) is 5.95 Å². The number of ether oxygens (including phenoxy) is 1. The lowest BCUT2D eigenvalue weighted by Crippen LogP contribution is -2.05. The molecule has 0 fully saturated rings. The summed E-state index contributed by atoms with van der Waals surface area (Å²) in [4.78, 5) is 13.6. The van der Waals surface area contributed by atoms with Gasteiger partial charge in [0.15, 0.2) is 5.82 Å². The number of hydrogen-bond acceptors (Lipinski definition) is 6. The second-order valence-electron chi connectivity index (χ2n) is 2.98. The van der Waals surface area contributed by atoms with Crippen LogP contribution < -0.4 is 10.1 Å². The Hall–Kier alpha value is -1.69. The first-order valence-corrected chi connectivity index (χ1v) is 5.79. The highest BCUT2D eigenvalue weighted by atomic mass is 32.1. The third-order valence-electron chi connectivity index (χ3n) is 1.87. The maximum absolute atomic E-state index is 5.04. The van der Waals surface area contributed by atoms with Crippen molar-refractivity contribution in [1.29, 1.82) is 0 Å². The molecule has 6 heteroatoms. The zero-order valence-corrected chi connectivity index (χ0v) is 9.91. The van der Waals surface area contributed by atoms with Crippen LogP contribution in [-0.2, 0) is 0 Å². The van der Waals surface area contributed by atoms with E-state index in [1.165, 1.54) is 0 Å². The molecular weight excluding hydrogens is 224 g/mol. The molecule has 84 valence electrons. The summed E-state index contributed by atoms with van der Waals surface area (Å²) < 4.78 is 5.04. The normalized spacial score (nSPS) is 10.1. The van der Waals surface area contributed by atoms with Crippen LogP contribution in [-0.4, -0.2) is 28.6 Å². The van der Waals surface area contributed by atoms with E-state index < -0.39 is 0 Å². The van der Waals surface area contributed by atoms with Crippen molar-refractivity contribution >= 4 is 17.3 Å². The van der Waals surface area contributed by atoms with E-state index in [1.54, 1.807) is 18.4 Å². The number of aromatic nitrogens is 3. The third-order valence-corrected chi connectivity index (χ3v) is 2.74. The molecule has 0 spiro atoms. The summed E-state index contributed by atoms with van der Waals surface area (Å²) in [5, 5.41) is 5.03. The lowest BCUT2D eigenvalue weighted by Gasteiger charge is -2.05. The fraction of sp³-hybridized carbons (Fsp3) is 0.300. The summed E-state index contributed by atoms with van der Waals surface area (Å²) in [6.07, 6.45) is 0. The topological polar surface area (TPSA) is 59.9 Å². The number of nitrogens with zero attached hydrogens (tertiary/aromatic N) is 3. The van der Waals surface area contributed by atoms with Crippen molar-refractivity contribution in [1.82, 2.24) is 15.0 Å². The van der Waals surface area contributed by atoms with Gasteiger partial charge in [0.05, 0.1) is 12.0 Å². The van der Waals surface area contributed by atoms with Crippen LogP contribution in [0.1, 0.15) is 6.92 Å². The second kappa shape index (κ2) is 4.89. The molecule has 16 heavy (non-hydrogen) atoms. The van der Waals surface area contributed by atoms with Gasteiger partial charge in [0.2, 0.25) is 5.95 Å². The van der Waals surface area contributed by atoms with E-state index in [9.17, 15) is 0 Å². The minimum atomic E-state index is 0.328. The standard InChI is InChI=1S/C10H12N4OS/c1-3-11-9-12-8(7-5-4-6-16-7)13-10(14-9)15-2/h4-6H,3H2,1-2H3,(H,11,12,13,14). The highest BCUT2D eigenvalue weighted by Gasteiger charge is 2.08. The number of rotatable bonds is 4. The van der Waals surface area contributed by atoms with Crippen molar-refractivity contribution in [2.45, 2.75) is 6.92 Å². The van der Waals surface area contributed by atoms with Gasteiger partial charge in [-0.05, 0) is 18.4 Å². The Bertz CT molecular complexity index is 458. The molecular formula is C10H12N4OS.